The second-order valence-corrected chi connectivity index (χ2v) is 5.42. The third kappa shape index (κ3) is 2.87. The Morgan fingerprint density at radius 2 is 1.86 bits per heavy atom. The van der Waals surface area contributed by atoms with E-state index in [0.29, 0.717) is 10.7 Å². The Kier molecular flexibility index (Phi) is 3.68. The summed E-state index contributed by atoms with van der Waals surface area (Å²) in [5.74, 6) is -0.128. The maximum atomic E-state index is 12.0. The molecule has 0 aliphatic carbocycles. The number of halogens is 1. The number of hydrogen-bond acceptors (Lipinski definition) is 4. The highest BCUT2D eigenvalue weighted by Crippen LogP contribution is 2.34. The Balaban J connectivity index is 1.93. The van der Waals surface area contributed by atoms with Crippen molar-refractivity contribution in [3.05, 3.63) is 63.2 Å². The van der Waals surface area contributed by atoms with Crippen molar-refractivity contribution < 1.29 is 9.72 Å². The summed E-state index contributed by atoms with van der Waals surface area (Å²) in [5, 5.41) is 17.3. The van der Waals surface area contributed by atoms with Gasteiger partial charge in [0.2, 0.25) is 5.91 Å². The van der Waals surface area contributed by atoms with Gasteiger partial charge in [-0.25, -0.2) is 0 Å². The van der Waals surface area contributed by atoms with Crippen molar-refractivity contribution in [2.45, 2.75) is 12.5 Å². The molecule has 6 nitrogen and oxygen atoms in total. The number of non-ortho nitro benzene ring substituents is 1. The molecule has 2 N–H and O–H groups in total. The molecular formula is C15H12ClN3O3. The second kappa shape index (κ2) is 5.65. The van der Waals surface area contributed by atoms with E-state index >= 15 is 0 Å². The number of benzene rings is 2. The Hall–Kier alpha value is -2.60. The number of nitrogens with zero attached hydrogens (tertiary/aromatic N) is 1. The molecule has 0 saturated heterocycles. The number of nitrogens with one attached hydrogen (secondary N) is 2. The van der Waals surface area contributed by atoms with Crippen LogP contribution in [-0.4, -0.2) is 10.8 Å². The van der Waals surface area contributed by atoms with Gasteiger partial charge in [-0.05, 0) is 23.8 Å². The van der Waals surface area contributed by atoms with E-state index in [2.05, 4.69) is 10.6 Å². The number of anilines is 2. The van der Waals surface area contributed by atoms with Gasteiger partial charge in [0.05, 0.1) is 28.8 Å². The largest absolute Gasteiger partial charge is 0.376 e. The molecule has 0 bridgehead atoms. The van der Waals surface area contributed by atoms with Crippen LogP contribution in [0.1, 0.15) is 18.0 Å². The quantitative estimate of drug-likeness (QED) is 0.652. The summed E-state index contributed by atoms with van der Waals surface area (Å²) in [6.45, 7) is 0. The van der Waals surface area contributed by atoms with Crippen molar-refractivity contribution in [3.63, 3.8) is 0 Å². The van der Waals surface area contributed by atoms with Crippen LogP contribution in [0.5, 0.6) is 0 Å². The molecule has 1 amide bonds. The van der Waals surface area contributed by atoms with E-state index in [0.717, 1.165) is 11.3 Å². The highest BCUT2D eigenvalue weighted by atomic mass is 35.5. The van der Waals surface area contributed by atoms with Crippen LogP contribution in [0.25, 0.3) is 0 Å². The molecule has 0 fully saturated rings. The van der Waals surface area contributed by atoms with Crippen LogP contribution in [0.4, 0.5) is 17.1 Å². The van der Waals surface area contributed by atoms with Crippen molar-refractivity contribution in [1.29, 1.82) is 0 Å². The molecule has 0 radical (unpaired) electrons. The maximum absolute atomic E-state index is 12.0. The molecule has 7 heteroatoms. The number of rotatable bonds is 2. The van der Waals surface area contributed by atoms with Gasteiger partial charge in [0, 0.05) is 17.2 Å². The lowest BCUT2D eigenvalue weighted by Gasteiger charge is -2.17. The zero-order valence-corrected chi connectivity index (χ0v) is 12.1. The number of carbonyl (C=O) groups is 1. The highest BCUT2D eigenvalue weighted by molar-refractivity contribution is 6.31. The normalized spacial score (nSPS) is 17.0. The van der Waals surface area contributed by atoms with Gasteiger partial charge in [-0.15, -0.1) is 0 Å². The first-order valence-electron chi connectivity index (χ1n) is 6.63. The van der Waals surface area contributed by atoms with E-state index in [4.69, 9.17) is 11.6 Å². The number of amides is 1. The number of fused-ring (bicyclic) bond motifs is 1. The van der Waals surface area contributed by atoms with Gasteiger partial charge < -0.3 is 10.6 Å². The van der Waals surface area contributed by atoms with Crippen LogP contribution >= 0.6 is 11.6 Å². The van der Waals surface area contributed by atoms with Crippen LogP contribution in [0.2, 0.25) is 5.02 Å². The smallest absolute Gasteiger partial charge is 0.269 e. The van der Waals surface area contributed by atoms with Crippen molar-refractivity contribution in [2.75, 3.05) is 10.6 Å². The third-order valence-electron chi connectivity index (χ3n) is 3.48. The average molecular weight is 318 g/mol. The Morgan fingerprint density at radius 3 is 2.55 bits per heavy atom. The molecule has 22 heavy (non-hydrogen) atoms. The molecule has 0 aromatic heterocycles. The number of nitro benzene ring substituents is 1. The lowest BCUT2D eigenvalue weighted by molar-refractivity contribution is -0.384. The van der Waals surface area contributed by atoms with E-state index < -0.39 is 4.92 Å². The first-order chi connectivity index (χ1) is 10.5. The Morgan fingerprint density at radius 1 is 1.14 bits per heavy atom. The van der Waals surface area contributed by atoms with E-state index in [1.807, 2.05) is 0 Å². The summed E-state index contributed by atoms with van der Waals surface area (Å²) in [5.41, 5.74) is 2.21. The molecule has 1 aliphatic rings. The minimum absolute atomic E-state index is 0.0188. The molecule has 1 heterocycles. The van der Waals surface area contributed by atoms with E-state index in [1.165, 1.54) is 12.1 Å². The molecule has 0 spiro atoms. The molecule has 0 saturated carbocycles. The van der Waals surface area contributed by atoms with Crippen molar-refractivity contribution in [2.24, 2.45) is 0 Å². The number of nitro groups is 1. The van der Waals surface area contributed by atoms with Crippen LogP contribution in [-0.2, 0) is 4.79 Å². The third-order valence-corrected chi connectivity index (χ3v) is 3.72. The molecule has 1 aliphatic heterocycles. The van der Waals surface area contributed by atoms with E-state index in [-0.39, 0.29) is 24.1 Å². The Bertz CT molecular complexity index is 746. The molecule has 2 aromatic rings. The standard InChI is InChI=1S/C15H12ClN3O3/c16-10-3-6-12-14(7-10)17-13(8-15(20)18-12)9-1-4-11(5-2-9)19(21)22/h1-7,13,17H,8H2,(H,18,20)/t13-/m0/s1. The predicted octanol–water partition coefficient (Wildman–Crippen LogP) is 3.74. The van der Waals surface area contributed by atoms with Crippen molar-refractivity contribution in [1.82, 2.24) is 0 Å². The van der Waals surface area contributed by atoms with Crippen LogP contribution < -0.4 is 10.6 Å². The van der Waals surface area contributed by atoms with Gasteiger partial charge in [-0.1, -0.05) is 23.7 Å². The summed E-state index contributed by atoms with van der Waals surface area (Å²) in [4.78, 5) is 22.3. The molecule has 1 atom stereocenters. The maximum Gasteiger partial charge on any atom is 0.269 e. The first kappa shape index (κ1) is 14.3. The summed E-state index contributed by atoms with van der Waals surface area (Å²) in [7, 11) is 0. The van der Waals surface area contributed by atoms with Gasteiger partial charge in [-0.2, -0.15) is 0 Å². The van der Waals surface area contributed by atoms with E-state index in [9.17, 15) is 14.9 Å². The molecule has 2 aromatic carbocycles. The van der Waals surface area contributed by atoms with Gasteiger partial charge in [0.25, 0.3) is 5.69 Å². The van der Waals surface area contributed by atoms with Gasteiger partial charge >= 0.3 is 0 Å². The van der Waals surface area contributed by atoms with Crippen LogP contribution in [0, 0.1) is 10.1 Å². The molecular weight excluding hydrogens is 306 g/mol. The topological polar surface area (TPSA) is 84.3 Å². The summed E-state index contributed by atoms with van der Waals surface area (Å²) in [6, 6.07) is 11.1. The lowest BCUT2D eigenvalue weighted by atomic mass is 10.0. The summed E-state index contributed by atoms with van der Waals surface area (Å²) >= 11 is 5.99. The van der Waals surface area contributed by atoms with Gasteiger partial charge in [0.15, 0.2) is 0 Å². The number of hydrogen-bond donors (Lipinski definition) is 2. The zero-order valence-electron chi connectivity index (χ0n) is 11.4. The van der Waals surface area contributed by atoms with Crippen molar-refractivity contribution >= 4 is 34.6 Å². The van der Waals surface area contributed by atoms with Gasteiger partial charge in [-0.3, -0.25) is 14.9 Å². The fourth-order valence-corrected chi connectivity index (χ4v) is 2.57. The second-order valence-electron chi connectivity index (χ2n) is 4.99. The average Bonchev–Trinajstić information content (AvgIpc) is 2.65. The fraction of sp³-hybridized carbons (Fsp3) is 0.133. The SMILES string of the molecule is O=C1C[C@@H](c2ccc([N+](=O)[O-])cc2)Nc2cc(Cl)ccc2N1. The van der Waals surface area contributed by atoms with Gasteiger partial charge in [0.1, 0.15) is 0 Å². The molecule has 0 unspecified atom stereocenters. The van der Waals surface area contributed by atoms with Crippen LogP contribution in [0.3, 0.4) is 0 Å². The molecule has 112 valence electrons. The lowest BCUT2D eigenvalue weighted by Crippen LogP contribution is -2.15. The minimum Gasteiger partial charge on any atom is -0.376 e. The summed E-state index contributed by atoms with van der Waals surface area (Å²) in [6.07, 6.45) is 0.226. The summed E-state index contributed by atoms with van der Waals surface area (Å²) < 4.78 is 0. The van der Waals surface area contributed by atoms with Crippen LogP contribution in [0.15, 0.2) is 42.5 Å². The predicted molar refractivity (Wildman–Crippen MR) is 84.2 cm³/mol. The monoisotopic (exact) mass is 317 g/mol. The minimum atomic E-state index is -0.452. The fourth-order valence-electron chi connectivity index (χ4n) is 2.40. The highest BCUT2D eigenvalue weighted by Gasteiger charge is 2.22. The molecule has 3 rings (SSSR count). The van der Waals surface area contributed by atoms with Crippen molar-refractivity contribution in [3.8, 4) is 0 Å². The zero-order chi connectivity index (χ0) is 15.7. The number of carbonyl (C=O) groups excluding carboxylic acids is 1. The van der Waals surface area contributed by atoms with E-state index in [1.54, 1.807) is 30.3 Å². The Labute approximate surface area is 131 Å². The first-order valence-corrected chi connectivity index (χ1v) is 7.01.